The molecule has 0 heterocycles. The lowest BCUT2D eigenvalue weighted by Gasteiger charge is -2.22. The zero-order valence-electron chi connectivity index (χ0n) is 36.2. The van der Waals surface area contributed by atoms with Crippen LogP contribution >= 0.6 is 0 Å². The van der Waals surface area contributed by atoms with E-state index in [2.05, 4.69) is 31.3 Å². The zero-order valence-corrected chi connectivity index (χ0v) is 36.2. The van der Waals surface area contributed by atoms with Crippen LogP contribution in [0.1, 0.15) is 258 Å². The van der Waals surface area contributed by atoms with Gasteiger partial charge in [0.1, 0.15) is 0 Å². The van der Waals surface area contributed by atoms with E-state index in [9.17, 15) is 19.8 Å². The summed E-state index contributed by atoms with van der Waals surface area (Å²) in [5, 5.41) is 23.0. The minimum absolute atomic E-state index is 0.0108. The van der Waals surface area contributed by atoms with Crippen molar-refractivity contribution in [2.24, 2.45) is 0 Å². The molecule has 0 rings (SSSR count). The molecule has 0 aliphatic heterocycles. The third kappa shape index (κ3) is 40.3. The van der Waals surface area contributed by atoms with Gasteiger partial charge in [-0.05, 0) is 51.4 Å². The Morgan fingerprint density at radius 3 is 1.33 bits per heavy atom. The van der Waals surface area contributed by atoms with E-state index < -0.39 is 12.1 Å². The van der Waals surface area contributed by atoms with Gasteiger partial charge in [-0.15, -0.1) is 0 Å². The maximum absolute atomic E-state index is 12.4. The van der Waals surface area contributed by atoms with Crippen LogP contribution in [0.4, 0.5) is 0 Å². The molecule has 54 heavy (non-hydrogen) atoms. The molecule has 2 unspecified atom stereocenters. The largest absolute Gasteiger partial charge is 0.466 e. The number of ether oxygens (including phenoxy) is 1. The molecule has 2 atom stereocenters. The van der Waals surface area contributed by atoms with Crippen molar-refractivity contribution in [3.05, 3.63) is 12.2 Å². The van der Waals surface area contributed by atoms with Crippen LogP contribution in [0.2, 0.25) is 0 Å². The molecule has 0 aromatic heterocycles. The van der Waals surface area contributed by atoms with Crippen molar-refractivity contribution in [3.8, 4) is 0 Å². The lowest BCUT2D eigenvalue weighted by molar-refractivity contribution is -0.143. The van der Waals surface area contributed by atoms with E-state index in [1.54, 1.807) is 0 Å². The van der Waals surface area contributed by atoms with Crippen molar-refractivity contribution < 1.29 is 24.5 Å². The quantitative estimate of drug-likeness (QED) is 0.0326. The van der Waals surface area contributed by atoms with Crippen LogP contribution < -0.4 is 5.32 Å². The Bertz CT molecular complexity index is 802. The molecule has 320 valence electrons. The summed E-state index contributed by atoms with van der Waals surface area (Å²) in [5.74, 6) is -0.0773. The lowest BCUT2D eigenvalue weighted by Crippen LogP contribution is -2.45. The van der Waals surface area contributed by atoms with E-state index in [1.807, 2.05) is 0 Å². The highest BCUT2D eigenvalue weighted by atomic mass is 16.5. The molecule has 0 aromatic rings. The molecule has 1 amide bonds. The van der Waals surface area contributed by atoms with Crippen LogP contribution in [0, 0.1) is 0 Å². The molecule has 0 saturated carbocycles. The number of carbonyl (C=O) groups is 2. The van der Waals surface area contributed by atoms with Crippen molar-refractivity contribution in [1.82, 2.24) is 5.32 Å². The highest BCUT2D eigenvalue weighted by molar-refractivity contribution is 5.76. The Labute approximate surface area is 336 Å². The Morgan fingerprint density at radius 1 is 0.500 bits per heavy atom. The maximum Gasteiger partial charge on any atom is 0.305 e. The normalized spacial score (nSPS) is 12.7. The van der Waals surface area contributed by atoms with Crippen LogP contribution in [0.3, 0.4) is 0 Å². The fourth-order valence-corrected chi connectivity index (χ4v) is 7.34. The van der Waals surface area contributed by atoms with Gasteiger partial charge in [-0.3, -0.25) is 9.59 Å². The average Bonchev–Trinajstić information content (AvgIpc) is 3.17. The summed E-state index contributed by atoms with van der Waals surface area (Å²) in [6, 6.07) is -0.558. The van der Waals surface area contributed by atoms with E-state index in [0.717, 1.165) is 70.6 Å². The molecule has 0 aliphatic carbocycles. The molecule has 6 heteroatoms. The summed E-state index contributed by atoms with van der Waals surface area (Å²) in [4.78, 5) is 24.4. The summed E-state index contributed by atoms with van der Waals surface area (Å²) in [6.45, 7) is 4.89. The number of hydrogen-bond acceptors (Lipinski definition) is 5. The third-order valence-electron chi connectivity index (χ3n) is 11.1. The smallest absolute Gasteiger partial charge is 0.305 e. The van der Waals surface area contributed by atoms with Crippen LogP contribution in [-0.2, 0) is 14.3 Å². The van der Waals surface area contributed by atoms with E-state index >= 15 is 0 Å². The molecule has 0 saturated heterocycles. The van der Waals surface area contributed by atoms with E-state index in [0.29, 0.717) is 25.9 Å². The molecule has 6 nitrogen and oxygen atoms in total. The number of esters is 1. The van der Waals surface area contributed by atoms with E-state index in [-0.39, 0.29) is 18.5 Å². The Balaban J connectivity index is 3.47. The number of nitrogens with one attached hydrogen (secondary N) is 1. The first-order chi connectivity index (χ1) is 26.5. The summed E-state index contributed by atoms with van der Waals surface area (Å²) in [5.41, 5.74) is 0. The van der Waals surface area contributed by atoms with Crippen LogP contribution in [-0.4, -0.2) is 47.4 Å². The molecule has 3 N–H and O–H groups in total. The summed E-state index contributed by atoms with van der Waals surface area (Å²) < 4.78 is 5.45. The van der Waals surface area contributed by atoms with Gasteiger partial charge in [0, 0.05) is 12.8 Å². The standard InChI is InChI=1S/C48H93NO5/c1-3-5-7-9-11-13-15-16-19-22-26-30-34-38-42-48(53)54-43-39-35-31-27-23-20-17-18-21-25-29-33-37-41-47(52)49-45(44-50)46(51)40-36-32-28-24-14-12-10-8-6-4-2/h18,21,45-46,50-51H,3-17,19-20,22-44H2,1-2H3,(H,49,52)/b21-18-. The number of allylic oxidation sites excluding steroid dienone is 2. The predicted molar refractivity (Wildman–Crippen MR) is 232 cm³/mol. The van der Waals surface area contributed by atoms with Gasteiger partial charge < -0.3 is 20.3 Å². The second-order valence-electron chi connectivity index (χ2n) is 16.4. The van der Waals surface area contributed by atoms with Crippen molar-refractivity contribution >= 4 is 11.9 Å². The van der Waals surface area contributed by atoms with Gasteiger partial charge in [0.15, 0.2) is 0 Å². The minimum Gasteiger partial charge on any atom is -0.466 e. The zero-order chi connectivity index (χ0) is 39.4. The number of aliphatic hydroxyl groups is 2. The number of rotatable bonds is 44. The second-order valence-corrected chi connectivity index (χ2v) is 16.4. The number of aliphatic hydroxyl groups excluding tert-OH is 2. The number of carbonyl (C=O) groups excluding carboxylic acids is 2. The Morgan fingerprint density at radius 2 is 0.870 bits per heavy atom. The first-order valence-electron chi connectivity index (χ1n) is 23.9. The van der Waals surface area contributed by atoms with Gasteiger partial charge in [-0.25, -0.2) is 0 Å². The maximum atomic E-state index is 12.4. The summed E-state index contributed by atoms with van der Waals surface area (Å²) in [7, 11) is 0. The van der Waals surface area contributed by atoms with Crippen LogP contribution in [0.15, 0.2) is 12.2 Å². The SMILES string of the molecule is CCCCCCCCCCCCCCCCC(=O)OCCCCCCCC/C=C\CCCCCC(=O)NC(CO)C(O)CCCCCCCCCCCC. The number of amides is 1. The fraction of sp³-hybridized carbons (Fsp3) is 0.917. The molecule has 0 bridgehead atoms. The molecule has 0 fully saturated rings. The van der Waals surface area contributed by atoms with Crippen molar-refractivity contribution in [2.75, 3.05) is 13.2 Å². The Hall–Kier alpha value is -1.40. The molecule has 0 aliphatic rings. The average molecular weight is 764 g/mol. The lowest BCUT2D eigenvalue weighted by atomic mass is 10.0. The minimum atomic E-state index is -0.678. The number of hydrogen-bond donors (Lipinski definition) is 3. The highest BCUT2D eigenvalue weighted by Crippen LogP contribution is 2.16. The highest BCUT2D eigenvalue weighted by Gasteiger charge is 2.20. The third-order valence-corrected chi connectivity index (χ3v) is 11.1. The van der Waals surface area contributed by atoms with Crippen LogP contribution in [0.25, 0.3) is 0 Å². The topological polar surface area (TPSA) is 95.9 Å². The van der Waals surface area contributed by atoms with Gasteiger partial charge in [0.25, 0.3) is 0 Å². The molecular formula is C48H93NO5. The van der Waals surface area contributed by atoms with E-state index in [4.69, 9.17) is 4.74 Å². The van der Waals surface area contributed by atoms with Crippen molar-refractivity contribution in [2.45, 2.75) is 270 Å². The van der Waals surface area contributed by atoms with Gasteiger partial charge in [-0.1, -0.05) is 206 Å². The summed E-state index contributed by atoms with van der Waals surface area (Å²) in [6.07, 6.45) is 48.9. The molecule has 0 spiro atoms. The van der Waals surface area contributed by atoms with Gasteiger partial charge in [-0.2, -0.15) is 0 Å². The fourth-order valence-electron chi connectivity index (χ4n) is 7.34. The monoisotopic (exact) mass is 764 g/mol. The molecule has 0 aromatic carbocycles. The van der Waals surface area contributed by atoms with Crippen molar-refractivity contribution in [1.29, 1.82) is 0 Å². The molecule has 0 radical (unpaired) electrons. The first-order valence-corrected chi connectivity index (χ1v) is 23.9. The first kappa shape index (κ1) is 52.6. The number of unbranched alkanes of at least 4 members (excludes halogenated alkanes) is 31. The second kappa shape index (κ2) is 44.3. The Kier molecular flexibility index (Phi) is 43.2. The van der Waals surface area contributed by atoms with Crippen molar-refractivity contribution in [3.63, 3.8) is 0 Å². The van der Waals surface area contributed by atoms with Gasteiger partial charge >= 0.3 is 5.97 Å². The summed E-state index contributed by atoms with van der Waals surface area (Å²) >= 11 is 0. The van der Waals surface area contributed by atoms with E-state index in [1.165, 1.54) is 154 Å². The molecular weight excluding hydrogens is 671 g/mol. The van der Waals surface area contributed by atoms with Gasteiger partial charge in [0.05, 0.1) is 25.4 Å². The van der Waals surface area contributed by atoms with Gasteiger partial charge in [0.2, 0.25) is 5.91 Å². The van der Waals surface area contributed by atoms with Crippen LogP contribution in [0.5, 0.6) is 0 Å². The predicted octanol–water partition coefficient (Wildman–Crippen LogP) is 13.8.